The second-order valence-corrected chi connectivity index (χ2v) is 21.0. The first kappa shape index (κ1) is 64.7. The van der Waals surface area contributed by atoms with Gasteiger partial charge in [-0.25, -0.2) is 4.57 Å². The van der Waals surface area contributed by atoms with Crippen LogP contribution in [-0.4, -0.2) is 73.4 Å². The average molecular weight is 958 g/mol. The highest BCUT2D eigenvalue weighted by atomic mass is 31.2. The Morgan fingerprint density at radius 1 is 0.522 bits per heavy atom. The number of carbonyl (C=O) groups is 1. The van der Waals surface area contributed by atoms with Crippen LogP contribution in [0, 0.1) is 0 Å². The lowest BCUT2D eigenvalue weighted by Crippen LogP contribution is -2.45. The summed E-state index contributed by atoms with van der Waals surface area (Å²) >= 11 is 0. The van der Waals surface area contributed by atoms with Crippen LogP contribution in [0.25, 0.3) is 0 Å². The van der Waals surface area contributed by atoms with E-state index in [0.29, 0.717) is 17.4 Å². The summed E-state index contributed by atoms with van der Waals surface area (Å²) in [6.45, 7) is 4.67. The summed E-state index contributed by atoms with van der Waals surface area (Å²) in [6, 6.07) is -0.877. The zero-order valence-electron chi connectivity index (χ0n) is 44.1. The molecule has 388 valence electrons. The maximum atomic E-state index is 13.0. The summed E-state index contributed by atoms with van der Waals surface area (Å²) in [5.74, 6) is -0.198. The van der Waals surface area contributed by atoms with Gasteiger partial charge in [0, 0.05) is 6.42 Å². The average Bonchev–Trinajstić information content (AvgIpc) is 3.29. The largest absolute Gasteiger partial charge is 0.472 e. The highest BCUT2D eigenvalue weighted by Gasteiger charge is 2.27. The molecule has 0 heterocycles. The van der Waals surface area contributed by atoms with Crippen molar-refractivity contribution >= 4 is 13.7 Å². The molecule has 0 aromatic heterocycles. The van der Waals surface area contributed by atoms with Crippen molar-refractivity contribution in [1.29, 1.82) is 0 Å². The summed E-state index contributed by atoms with van der Waals surface area (Å²) < 4.78 is 23.7. The second-order valence-electron chi connectivity index (χ2n) is 19.6. The normalized spacial score (nSPS) is 14.7. The van der Waals surface area contributed by atoms with Gasteiger partial charge in [-0.3, -0.25) is 13.8 Å². The molecule has 0 aliphatic carbocycles. The molecule has 0 aliphatic rings. The zero-order valence-corrected chi connectivity index (χ0v) is 45.0. The topological polar surface area (TPSA) is 105 Å². The number of hydrogen-bond donors (Lipinski definition) is 3. The van der Waals surface area contributed by atoms with Crippen LogP contribution in [0.1, 0.15) is 226 Å². The van der Waals surface area contributed by atoms with Crippen LogP contribution in [0.2, 0.25) is 0 Å². The van der Waals surface area contributed by atoms with E-state index in [1.165, 1.54) is 128 Å². The van der Waals surface area contributed by atoms with Crippen LogP contribution >= 0.6 is 7.82 Å². The van der Waals surface area contributed by atoms with Gasteiger partial charge in [0.15, 0.2) is 0 Å². The van der Waals surface area contributed by atoms with E-state index < -0.39 is 20.0 Å². The molecule has 0 fully saturated rings. The molecule has 0 saturated carbocycles. The molecule has 0 radical (unpaired) electrons. The summed E-state index contributed by atoms with van der Waals surface area (Å²) in [6.07, 6.45) is 68.2. The Hall–Kier alpha value is -2.32. The Kier molecular flexibility index (Phi) is 47.0. The molecule has 0 aromatic rings. The Morgan fingerprint density at radius 3 is 1.37 bits per heavy atom. The van der Waals surface area contributed by atoms with Crippen LogP contribution in [-0.2, 0) is 18.4 Å². The number of likely N-dealkylation sites (N-methyl/N-ethyl adjacent to an activating group) is 1. The fourth-order valence-corrected chi connectivity index (χ4v) is 8.27. The van der Waals surface area contributed by atoms with Crippen molar-refractivity contribution in [1.82, 2.24) is 5.32 Å². The third-order valence-electron chi connectivity index (χ3n) is 11.8. The standard InChI is InChI=1S/C58H105N2O6P/c1-6-8-10-12-14-16-18-20-22-24-26-28-30-32-34-36-38-40-42-44-46-48-50-52-58(62)59-56(55-66-67(63,64)65-54-53-60(3,4)5)57(61)51-49-47-45-43-41-39-37-35-33-31-29-27-25-23-21-19-17-15-13-11-9-7-2/h8,10,14,16,20,22,26,28,33,35,41,43,49,51,56-57,61H,6-7,9,11-13,15,17-19,21,23-25,27,29-32,34,36-40,42,44-48,50,52-55H2,1-5H3,(H-,59,62,63,64)/p+1/b10-8-,16-14-,22-20-,28-26-,35-33+,43-41+,51-49+. The van der Waals surface area contributed by atoms with E-state index in [1.807, 2.05) is 27.2 Å². The van der Waals surface area contributed by atoms with Gasteiger partial charge in [-0.1, -0.05) is 221 Å². The lowest BCUT2D eigenvalue weighted by molar-refractivity contribution is -0.870. The molecule has 0 aromatic carbocycles. The molecule has 0 bridgehead atoms. The second kappa shape index (κ2) is 48.7. The molecular formula is C58H106N2O6P+. The number of nitrogens with zero attached hydrogens (tertiary/aromatic N) is 1. The van der Waals surface area contributed by atoms with Gasteiger partial charge in [0.25, 0.3) is 0 Å². The molecule has 67 heavy (non-hydrogen) atoms. The van der Waals surface area contributed by atoms with Crippen LogP contribution in [0.3, 0.4) is 0 Å². The molecule has 0 rings (SSSR count). The van der Waals surface area contributed by atoms with Gasteiger partial charge >= 0.3 is 7.82 Å². The molecule has 1 amide bonds. The Labute approximate surface area is 414 Å². The van der Waals surface area contributed by atoms with E-state index in [-0.39, 0.29) is 19.1 Å². The number of nitrogens with one attached hydrogen (secondary N) is 1. The van der Waals surface area contributed by atoms with Crippen molar-refractivity contribution in [3.8, 4) is 0 Å². The monoisotopic (exact) mass is 958 g/mol. The van der Waals surface area contributed by atoms with E-state index in [4.69, 9.17) is 9.05 Å². The summed E-state index contributed by atoms with van der Waals surface area (Å²) in [5, 5.41) is 13.9. The fraction of sp³-hybridized carbons (Fsp3) is 0.741. The van der Waals surface area contributed by atoms with E-state index >= 15 is 0 Å². The van der Waals surface area contributed by atoms with Crippen LogP contribution in [0.5, 0.6) is 0 Å². The lowest BCUT2D eigenvalue weighted by Gasteiger charge is -2.25. The smallest absolute Gasteiger partial charge is 0.387 e. The van der Waals surface area contributed by atoms with Crippen molar-refractivity contribution in [2.75, 3.05) is 40.9 Å². The third-order valence-corrected chi connectivity index (χ3v) is 12.8. The van der Waals surface area contributed by atoms with Gasteiger partial charge < -0.3 is 19.8 Å². The molecule has 9 heteroatoms. The highest BCUT2D eigenvalue weighted by molar-refractivity contribution is 7.47. The van der Waals surface area contributed by atoms with E-state index in [1.54, 1.807) is 6.08 Å². The van der Waals surface area contributed by atoms with Crippen molar-refractivity contribution < 1.29 is 32.9 Å². The number of unbranched alkanes of at least 4 members (excludes halogenated alkanes) is 24. The number of quaternary nitrogens is 1. The van der Waals surface area contributed by atoms with Gasteiger partial charge in [0.05, 0.1) is 39.9 Å². The summed E-state index contributed by atoms with van der Waals surface area (Å²) in [4.78, 5) is 23.3. The number of aliphatic hydroxyl groups excluding tert-OH is 1. The number of aliphatic hydroxyl groups is 1. The Balaban J connectivity index is 4.35. The number of amides is 1. The van der Waals surface area contributed by atoms with Gasteiger partial charge in [-0.15, -0.1) is 0 Å². The minimum atomic E-state index is -4.36. The number of hydrogen-bond acceptors (Lipinski definition) is 5. The number of phosphoric acid groups is 1. The molecule has 8 nitrogen and oxygen atoms in total. The van der Waals surface area contributed by atoms with Gasteiger partial charge in [-0.2, -0.15) is 0 Å². The van der Waals surface area contributed by atoms with Crippen molar-refractivity contribution in [2.24, 2.45) is 0 Å². The summed E-state index contributed by atoms with van der Waals surface area (Å²) in [7, 11) is 1.53. The zero-order chi connectivity index (χ0) is 49.2. The molecular weight excluding hydrogens is 852 g/mol. The maximum absolute atomic E-state index is 13.0. The fourth-order valence-electron chi connectivity index (χ4n) is 7.54. The van der Waals surface area contributed by atoms with Crippen molar-refractivity contribution in [3.63, 3.8) is 0 Å². The number of phosphoric ester groups is 1. The minimum Gasteiger partial charge on any atom is -0.387 e. The quantitative estimate of drug-likeness (QED) is 0.0243. The lowest BCUT2D eigenvalue weighted by atomic mass is 10.0. The predicted octanol–water partition coefficient (Wildman–Crippen LogP) is 16.5. The maximum Gasteiger partial charge on any atom is 0.472 e. The SMILES string of the molecule is CC/C=C\C/C=C\C/C=C\C/C=C\CCCCCCCCCCCCC(=O)NC(COP(=O)(O)OCC[N+](C)(C)C)C(O)/C=C/CC/C=C/CC/C=C/CCCCCCCCCCCCCC. The van der Waals surface area contributed by atoms with Crippen LogP contribution in [0.4, 0.5) is 0 Å². The first-order chi connectivity index (χ1) is 32.5. The van der Waals surface area contributed by atoms with E-state index in [0.717, 1.165) is 77.0 Å². The van der Waals surface area contributed by atoms with Crippen molar-refractivity contribution in [3.05, 3.63) is 85.1 Å². The first-order valence-corrected chi connectivity index (χ1v) is 29.0. The first-order valence-electron chi connectivity index (χ1n) is 27.5. The number of rotatable bonds is 49. The molecule has 0 spiro atoms. The van der Waals surface area contributed by atoms with Crippen LogP contribution < -0.4 is 5.32 Å². The van der Waals surface area contributed by atoms with Gasteiger partial charge in [0.2, 0.25) is 5.91 Å². The Bertz CT molecular complexity index is 1360. The molecule has 0 saturated heterocycles. The van der Waals surface area contributed by atoms with Gasteiger partial charge in [0.1, 0.15) is 13.2 Å². The molecule has 3 atom stereocenters. The summed E-state index contributed by atoms with van der Waals surface area (Å²) in [5.41, 5.74) is 0. The highest BCUT2D eigenvalue weighted by Crippen LogP contribution is 2.43. The molecule has 3 unspecified atom stereocenters. The predicted molar refractivity (Wildman–Crippen MR) is 290 cm³/mol. The van der Waals surface area contributed by atoms with E-state index in [9.17, 15) is 19.4 Å². The van der Waals surface area contributed by atoms with Gasteiger partial charge in [-0.05, 0) is 83.5 Å². The molecule has 0 aliphatic heterocycles. The van der Waals surface area contributed by atoms with E-state index in [2.05, 4.69) is 92.1 Å². The number of carbonyl (C=O) groups excluding carboxylic acids is 1. The minimum absolute atomic E-state index is 0.0489. The number of allylic oxidation sites excluding steroid dienone is 13. The molecule has 3 N–H and O–H groups in total. The Morgan fingerprint density at radius 2 is 0.910 bits per heavy atom. The van der Waals surface area contributed by atoms with Crippen molar-refractivity contribution in [2.45, 2.75) is 238 Å². The third kappa shape index (κ3) is 51.4. The van der Waals surface area contributed by atoms with Crippen LogP contribution in [0.15, 0.2) is 85.1 Å².